The molecule has 1 aliphatic rings. The first-order chi connectivity index (χ1) is 68.8. The van der Waals surface area contributed by atoms with Gasteiger partial charge in [-0.25, -0.2) is 99.1 Å². The van der Waals surface area contributed by atoms with Crippen LogP contribution in [0.1, 0.15) is 58.2 Å². The van der Waals surface area contributed by atoms with Crippen LogP contribution in [0.2, 0.25) is 5.02 Å². The Morgan fingerprint density at radius 3 is 1.31 bits per heavy atom. The summed E-state index contributed by atoms with van der Waals surface area (Å²) in [5.74, 6) is -12.1. The van der Waals surface area contributed by atoms with Gasteiger partial charge < -0.3 is 29.4 Å². The number of pyridine rings is 1. The number of nitrogens with zero attached hydrogens (tertiary/aromatic N) is 6. The number of hydrogen-bond donors (Lipinski definition) is 3. The standard InChI is InChI=1S/C36H20F7NO5S.C36H19F6N3O3S.C35H24ClF3N2O4S/c1-18(45)22-15-27(38)31(28(39)16-22)20-4-2-5-21(14-20)33-32(25-6-3-7-30-34(25)49-36(42,43)48-30)26-17-23(37)10-13-29(26)44(33)50(46,47)24-11-8-19(9-12-24)35(40)41;1-18-31(38)29(32(39)33(40)35(18)46)20-5-3-6-21(15-20)34-30(28-22(17-43)7-4-8-26(28)44-2)25-16-23(37)11-14-27(25)45(34)49(47,48)24-12-9-19(10-13-24)36(41)42;1-20(42)22-11-15-27(29(36)18-22)23-5-3-6-24(17-23)34-33(31-7-4-8-32(43)40(31)2)28-19-25(37)12-16-30(28)41(34)46(44,45)26-13-9-21(10-14-26)35(38)39/h2-17,35,45H,1H2;3-16,36,46H,1H3;3-19,35,42H,1H2,2H3. The van der Waals surface area contributed by atoms with Crippen molar-refractivity contribution in [2.24, 2.45) is 7.05 Å². The zero-order chi connectivity index (χ0) is 104. The molecule has 0 spiro atoms. The largest absolute Gasteiger partial charge is 0.586 e. The summed E-state index contributed by atoms with van der Waals surface area (Å²) in [7, 11) is -12.6. The second-order valence-corrected chi connectivity index (χ2v) is 38.3. The Balaban J connectivity index is 0.000000149. The number of hydrogen-bond acceptors (Lipinski definition) is 13. The summed E-state index contributed by atoms with van der Waals surface area (Å²) < 4.78 is 330. The van der Waals surface area contributed by atoms with E-state index in [4.69, 9.17) is 22.9 Å². The Morgan fingerprint density at radius 2 is 0.855 bits per heavy atom. The minimum atomic E-state index is -4.79. The maximum Gasteiger partial charge on any atom is 0.586 e. The van der Waals surface area contributed by atoms with Gasteiger partial charge in [-0.3, -0.25) is 4.79 Å². The van der Waals surface area contributed by atoms with Crippen LogP contribution in [-0.2, 0) is 37.1 Å². The first-order valence-electron chi connectivity index (χ1n) is 42.5. The normalized spacial score (nSPS) is 12.4. The molecule has 38 heteroatoms. The quantitative estimate of drug-likeness (QED) is 0.0278. The average Bonchev–Trinajstić information content (AvgIpc) is 1.54. The number of alkyl halides is 8. The third-order valence-electron chi connectivity index (χ3n) is 23.8. The molecule has 18 nitrogen and oxygen atoms in total. The fourth-order valence-electron chi connectivity index (χ4n) is 17.1. The van der Waals surface area contributed by atoms with Crippen molar-refractivity contribution in [3.63, 3.8) is 0 Å². The molecule has 0 bridgehead atoms. The molecule has 145 heavy (non-hydrogen) atoms. The van der Waals surface area contributed by atoms with E-state index in [0.717, 1.165) is 152 Å². The monoisotopic (exact) mass is 2060 g/mol. The van der Waals surface area contributed by atoms with Gasteiger partial charge in [-0.2, -0.15) is 9.65 Å². The smallest absolute Gasteiger partial charge is 0.508 e. The number of phenols is 1. The maximum atomic E-state index is 15.4. The number of benzene rings is 14. The van der Waals surface area contributed by atoms with Crippen LogP contribution in [0, 0.1) is 71.4 Å². The average molecular weight is 2060 g/mol. The van der Waals surface area contributed by atoms with Gasteiger partial charge in [-0.1, -0.05) is 158 Å². The number of aliphatic hydroxyl groups excluding tert-OH is 2. The zero-order valence-electron chi connectivity index (χ0n) is 74.1. The predicted octanol–water partition coefficient (Wildman–Crippen LogP) is 28.7. The lowest BCUT2D eigenvalue weighted by atomic mass is 9.92. The van der Waals surface area contributed by atoms with Gasteiger partial charge in [-0.15, -0.1) is 8.78 Å². The van der Waals surface area contributed by atoms with Crippen LogP contribution < -0.4 is 15.0 Å². The SMILES string of the molecule is C=C(O)c1cc(F)c(-c2cccc(-c3c(-c4cccc5c4OC(F)(F)O5)c4cc(F)ccc4n3S(=O)(=O)c3ccc(C(F)F)cc3)c2)c(F)c1.C=C(O)c1ccc(-c2cccc(-c3c(-c4cccc(=O)n4C)c4cc(F)ccc4n3S(=O)(=O)c3ccc(C(F)F)cc3)c2)c(Cl)c1.[C-]#[N+]c1cccc(C#N)c1-c1c(-c2cccc(-c3c(F)c(C)c(O)c(F)c3F)c2)n(S(=O)(=O)c2ccc(C(F)F)cc2)c2ccc(F)cc12. The summed E-state index contributed by atoms with van der Waals surface area (Å²) in [5.41, 5.74) is -3.28. The van der Waals surface area contributed by atoms with E-state index in [1.165, 1.54) is 115 Å². The molecule has 0 radical (unpaired) electrons. The lowest BCUT2D eigenvalue weighted by Crippen LogP contribution is -2.26. The molecule has 19 rings (SSSR count). The molecule has 0 unspecified atom stereocenters. The number of rotatable bonds is 20. The highest BCUT2D eigenvalue weighted by molar-refractivity contribution is 7.91. The summed E-state index contributed by atoms with van der Waals surface area (Å²) in [6.45, 7) is 15.6. The fraction of sp³-hybridized carbons (Fsp3) is 0.0561. The molecule has 0 saturated carbocycles. The molecular formula is C107H63ClF16N6O12S3. The van der Waals surface area contributed by atoms with Crippen molar-refractivity contribution in [3.05, 3.63) is 411 Å². The Morgan fingerprint density at radius 1 is 0.441 bits per heavy atom. The van der Waals surface area contributed by atoms with Gasteiger partial charge in [0.1, 0.15) is 46.4 Å². The number of phenolic OH excluding ortho intramolecular Hbond substituents is 1. The Hall–Kier alpha value is -16.9. The highest BCUT2D eigenvalue weighted by Gasteiger charge is 2.46. The van der Waals surface area contributed by atoms with Gasteiger partial charge in [0.25, 0.3) is 54.9 Å². The summed E-state index contributed by atoms with van der Waals surface area (Å²) in [6, 6.07) is 59.5. The van der Waals surface area contributed by atoms with E-state index >= 15 is 17.6 Å². The second kappa shape index (κ2) is 38.5. The number of para-hydroxylation sites is 1. The summed E-state index contributed by atoms with van der Waals surface area (Å²) in [4.78, 5) is 15.1. The summed E-state index contributed by atoms with van der Waals surface area (Å²) in [5, 5.41) is 39.8. The van der Waals surface area contributed by atoms with Crippen LogP contribution in [0.5, 0.6) is 17.2 Å². The van der Waals surface area contributed by atoms with Crippen molar-refractivity contribution in [2.45, 2.75) is 47.2 Å². The number of fused-ring (bicyclic) bond motifs is 4. The molecule has 0 aliphatic carbocycles. The molecule has 4 aromatic heterocycles. The second-order valence-electron chi connectivity index (χ2n) is 32.5. The lowest BCUT2D eigenvalue weighted by Gasteiger charge is -2.17. The van der Waals surface area contributed by atoms with Crippen molar-refractivity contribution in [1.82, 2.24) is 16.5 Å². The molecule has 0 atom stereocenters. The van der Waals surface area contributed by atoms with Crippen LogP contribution in [-0.4, -0.2) is 63.4 Å². The van der Waals surface area contributed by atoms with Crippen LogP contribution in [0.4, 0.5) is 75.9 Å². The number of aromatic nitrogens is 4. The molecule has 3 N–H and O–H groups in total. The van der Waals surface area contributed by atoms with E-state index in [1.807, 2.05) is 6.07 Å². The van der Waals surface area contributed by atoms with Gasteiger partial charge in [-0.05, 0) is 169 Å². The molecule has 14 aromatic carbocycles. The Labute approximate surface area is 817 Å². The van der Waals surface area contributed by atoms with Gasteiger partial charge >= 0.3 is 6.29 Å². The Bertz CT molecular complexity index is 8910. The van der Waals surface area contributed by atoms with E-state index < -0.39 is 163 Å². The predicted molar refractivity (Wildman–Crippen MR) is 514 cm³/mol. The van der Waals surface area contributed by atoms with Gasteiger partial charge in [0.15, 0.2) is 28.8 Å². The minimum Gasteiger partial charge on any atom is -0.508 e. The van der Waals surface area contributed by atoms with Gasteiger partial charge in [0.2, 0.25) is 5.82 Å². The number of halogens is 17. The van der Waals surface area contributed by atoms with Crippen LogP contribution in [0.3, 0.4) is 0 Å². The van der Waals surface area contributed by atoms with E-state index in [0.29, 0.717) is 33.0 Å². The lowest BCUT2D eigenvalue weighted by molar-refractivity contribution is -0.286. The third-order valence-corrected chi connectivity index (χ3v) is 29.3. The van der Waals surface area contributed by atoms with Crippen molar-refractivity contribution >= 4 is 91.6 Å². The van der Waals surface area contributed by atoms with E-state index in [2.05, 4.69) is 22.7 Å². The Kier molecular flexibility index (Phi) is 26.5. The maximum absolute atomic E-state index is 15.4. The number of aromatic hydroxyl groups is 1. The van der Waals surface area contributed by atoms with E-state index in [1.54, 1.807) is 48.5 Å². The van der Waals surface area contributed by atoms with Crippen LogP contribution in [0.15, 0.2) is 318 Å². The molecule has 5 heterocycles. The molecular weight excluding hydrogens is 2000 g/mol. The zero-order valence-corrected chi connectivity index (χ0v) is 77.3. The van der Waals surface area contributed by atoms with Crippen molar-refractivity contribution in [1.29, 1.82) is 5.26 Å². The minimum absolute atomic E-state index is 0.0420. The number of nitriles is 1. The van der Waals surface area contributed by atoms with Crippen molar-refractivity contribution in [2.75, 3.05) is 0 Å². The van der Waals surface area contributed by atoms with Crippen molar-refractivity contribution in [3.8, 4) is 124 Å². The van der Waals surface area contributed by atoms with Gasteiger partial charge in [0, 0.05) is 123 Å². The highest BCUT2D eigenvalue weighted by atomic mass is 35.5. The topological polar surface area (TPSA) is 247 Å². The third kappa shape index (κ3) is 18.2. The van der Waals surface area contributed by atoms with Crippen LogP contribution in [0.25, 0.3) is 150 Å². The highest BCUT2D eigenvalue weighted by Crippen LogP contribution is 2.55. The number of aliphatic hydroxyl groups is 2. The number of ether oxygens (including phenoxy) is 2. The molecule has 730 valence electrons. The molecule has 1 aliphatic heterocycles. The molecule has 0 amide bonds. The molecule has 0 fully saturated rings. The summed E-state index contributed by atoms with van der Waals surface area (Å²) in [6.07, 6.45) is -12.7. The fourth-order valence-corrected chi connectivity index (χ4v) is 22.0. The van der Waals surface area contributed by atoms with Crippen LogP contribution >= 0.6 is 11.6 Å². The first-order valence-corrected chi connectivity index (χ1v) is 47.2. The first kappa shape index (κ1) is 99.7. The van der Waals surface area contributed by atoms with Gasteiger partial charge in [0.05, 0.1) is 77.8 Å². The van der Waals surface area contributed by atoms with E-state index in [-0.39, 0.29) is 138 Å². The molecule has 0 saturated heterocycles. The van der Waals surface area contributed by atoms with E-state index in [9.17, 15) is 103 Å². The van der Waals surface area contributed by atoms with Crippen molar-refractivity contribution < 1.29 is 120 Å². The summed E-state index contributed by atoms with van der Waals surface area (Å²) >= 11 is 6.59. The molecule has 18 aromatic rings.